The molecule has 170 valence electrons. The first kappa shape index (κ1) is 21.0. The van der Waals surface area contributed by atoms with Crippen molar-refractivity contribution >= 4 is 17.0 Å². The lowest BCUT2D eigenvalue weighted by molar-refractivity contribution is 0.0198. The number of carbonyl (C=O) groups is 1. The Kier molecular flexibility index (Phi) is 5.18. The van der Waals surface area contributed by atoms with Gasteiger partial charge in [0.2, 0.25) is 11.7 Å². The molecule has 1 aliphatic carbocycles. The molecule has 2 aliphatic rings. The molecule has 1 saturated heterocycles. The van der Waals surface area contributed by atoms with Gasteiger partial charge in [0, 0.05) is 30.0 Å². The zero-order chi connectivity index (χ0) is 22.5. The fraction of sp³-hybridized carbons (Fsp3) is 0.583. The SMILES string of the molecule is CC1CC(n2ncc3ccc(-c4noc(C5CCN(C(=O)OC(C)(C)C)CC5)n4)cc32)C1. The van der Waals surface area contributed by atoms with Crippen molar-refractivity contribution in [2.75, 3.05) is 13.1 Å². The number of nitrogens with zero attached hydrogens (tertiary/aromatic N) is 5. The molecule has 1 saturated carbocycles. The number of piperidine rings is 1. The highest BCUT2D eigenvalue weighted by molar-refractivity contribution is 5.83. The van der Waals surface area contributed by atoms with E-state index >= 15 is 0 Å². The predicted molar refractivity (Wildman–Crippen MR) is 120 cm³/mol. The van der Waals surface area contributed by atoms with E-state index in [4.69, 9.17) is 14.2 Å². The fourth-order valence-electron chi connectivity index (χ4n) is 4.68. The molecule has 5 rings (SSSR count). The van der Waals surface area contributed by atoms with E-state index in [1.165, 1.54) is 12.8 Å². The van der Waals surface area contributed by atoms with Gasteiger partial charge in [-0.05, 0) is 58.4 Å². The number of likely N-dealkylation sites (tertiary alicyclic amines) is 1. The van der Waals surface area contributed by atoms with Crippen LogP contribution in [0.2, 0.25) is 0 Å². The summed E-state index contributed by atoms with van der Waals surface area (Å²) in [5, 5.41) is 10.0. The van der Waals surface area contributed by atoms with Crippen LogP contribution in [0, 0.1) is 5.92 Å². The minimum absolute atomic E-state index is 0.153. The van der Waals surface area contributed by atoms with Crippen molar-refractivity contribution in [3.8, 4) is 11.4 Å². The summed E-state index contributed by atoms with van der Waals surface area (Å²) in [6.45, 7) is 9.19. The molecular formula is C24H31N5O3. The lowest BCUT2D eigenvalue weighted by Crippen LogP contribution is -2.41. The number of benzene rings is 1. The average molecular weight is 438 g/mol. The average Bonchev–Trinajstić information content (AvgIpc) is 3.37. The van der Waals surface area contributed by atoms with Crippen LogP contribution >= 0.6 is 0 Å². The minimum Gasteiger partial charge on any atom is -0.444 e. The van der Waals surface area contributed by atoms with Gasteiger partial charge >= 0.3 is 6.09 Å². The number of amides is 1. The first-order valence-electron chi connectivity index (χ1n) is 11.6. The van der Waals surface area contributed by atoms with Gasteiger partial charge in [0.1, 0.15) is 5.60 Å². The van der Waals surface area contributed by atoms with Crippen molar-refractivity contribution in [3.63, 3.8) is 0 Å². The van der Waals surface area contributed by atoms with Crippen molar-refractivity contribution in [3.05, 3.63) is 30.3 Å². The first-order valence-corrected chi connectivity index (χ1v) is 11.6. The molecule has 1 aromatic carbocycles. The van der Waals surface area contributed by atoms with E-state index in [-0.39, 0.29) is 12.0 Å². The highest BCUT2D eigenvalue weighted by Gasteiger charge is 2.31. The molecule has 1 aliphatic heterocycles. The summed E-state index contributed by atoms with van der Waals surface area (Å²) in [7, 11) is 0. The molecule has 0 spiro atoms. The normalized spacial score (nSPS) is 22.2. The van der Waals surface area contributed by atoms with E-state index in [0.29, 0.717) is 30.8 Å². The van der Waals surface area contributed by atoms with Crippen LogP contribution in [-0.2, 0) is 4.74 Å². The molecule has 1 amide bonds. The molecule has 2 fully saturated rings. The summed E-state index contributed by atoms with van der Waals surface area (Å²) in [4.78, 5) is 18.8. The standard InChI is InChI=1S/C24H31N5O3/c1-15-11-19(12-15)29-20-13-17(5-6-18(20)14-25-29)21-26-22(32-27-21)16-7-9-28(10-8-16)23(30)31-24(2,3)4/h5-6,13-16,19H,7-12H2,1-4H3. The molecule has 0 unspecified atom stereocenters. The molecule has 8 heteroatoms. The van der Waals surface area contributed by atoms with Crippen LogP contribution in [0.4, 0.5) is 4.79 Å². The van der Waals surface area contributed by atoms with Gasteiger partial charge in [-0.2, -0.15) is 10.1 Å². The van der Waals surface area contributed by atoms with E-state index in [1.807, 2.05) is 33.0 Å². The highest BCUT2D eigenvalue weighted by atomic mass is 16.6. The van der Waals surface area contributed by atoms with Gasteiger partial charge in [-0.25, -0.2) is 4.79 Å². The van der Waals surface area contributed by atoms with Crippen LogP contribution in [-0.4, -0.2) is 49.6 Å². The van der Waals surface area contributed by atoms with Crippen LogP contribution in [0.25, 0.3) is 22.3 Å². The largest absolute Gasteiger partial charge is 0.444 e. The Hall–Kier alpha value is -2.90. The van der Waals surface area contributed by atoms with Gasteiger partial charge in [-0.1, -0.05) is 24.2 Å². The second-order valence-electron chi connectivity index (χ2n) is 10.3. The van der Waals surface area contributed by atoms with Crippen LogP contribution in [0.5, 0.6) is 0 Å². The minimum atomic E-state index is -0.483. The zero-order valence-corrected chi connectivity index (χ0v) is 19.2. The molecule has 8 nitrogen and oxygen atoms in total. The molecule has 0 radical (unpaired) electrons. The van der Waals surface area contributed by atoms with Crippen LogP contribution in [0.15, 0.2) is 28.9 Å². The Morgan fingerprint density at radius 3 is 2.62 bits per heavy atom. The molecule has 2 aromatic heterocycles. The number of fused-ring (bicyclic) bond motifs is 1. The Morgan fingerprint density at radius 1 is 1.19 bits per heavy atom. The van der Waals surface area contributed by atoms with Gasteiger partial charge in [0.05, 0.1) is 17.8 Å². The lowest BCUT2D eigenvalue weighted by Gasteiger charge is -2.33. The number of hydrogen-bond donors (Lipinski definition) is 0. The lowest BCUT2D eigenvalue weighted by atomic mass is 9.82. The predicted octanol–water partition coefficient (Wildman–Crippen LogP) is 5.17. The number of ether oxygens (including phenoxy) is 1. The highest BCUT2D eigenvalue weighted by Crippen LogP contribution is 2.39. The fourth-order valence-corrected chi connectivity index (χ4v) is 4.68. The maximum Gasteiger partial charge on any atom is 0.410 e. The van der Waals surface area contributed by atoms with E-state index in [2.05, 4.69) is 34.0 Å². The number of rotatable bonds is 3. The van der Waals surface area contributed by atoms with Crippen molar-refractivity contribution in [2.45, 2.75) is 70.9 Å². The maximum atomic E-state index is 12.3. The summed E-state index contributed by atoms with van der Waals surface area (Å²) in [6.07, 6.45) is 5.60. The van der Waals surface area contributed by atoms with Gasteiger partial charge in [0.15, 0.2) is 0 Å². The van der Waals surface area contributed by atoms with Crippen LogP contribution < -0.4 is 0 Å². The smallest absolute Gasteiger partial charge is 0.410 e. The van der Waals surface area contributed by atoms with Crippen LogP contribution in [0.1, 0.15) is 71.2 Å². The van der Waals surface area contributed by atoms with Crippen molar-refractivity contribution < 1.29 is 14.1 Å². The zero-order valence-electron chi connectivity index (χ0n) is 19.2. The van der Waals surface area contributed by atoms with Crippen LogP contribution in [0.3, 0.4) is 0 Å². The third-order valence-electron chi connectivity index (χ3n) is 6.49. The van der Waals surface area contributed by atoms with Gasteiger partial charge < -0.3 is 14.2 Å². The summed E-state index contributed by atoms with van der Waals surface area (Å²) in [6, 6.07) is 6.70. The Morgan fingerprint density at radius 2 is 1.94 bits per heavy atom. The Bertz CT molecular complexity index is 1110. The quantitative estimate of drug-likeness (QED) is 0.562. The summed E-state index contributed by atoms with van der Waals surface area (Å²) in [5.74, 6) is 2.17. The topological polar surface area (TPSA) is 86.3 Å². The van der Waals surface area contributed by atoms with Gasteiger partial charge in [-0.3, -0.25) is 4.68 Å². The van der Waals surface area contributed by atoms with Crippen molar-refractivity contribution in [2.24, 2.45) is 5.92 Å². The Labute approximate surface area is 187 Å². The molecule has 32 heavy (non-hydrogen) atoms. The third-order valence-corrected chi connectivity index (χ3v) is 6.49. The monoisotopic (exact) mass is 437 g/mol. The number of carbonyl (C=O) groups excluding carboxylic acids is 1. The Balaban J connectivity index is 1.28. The van der Waals surface area contributed by atoms with E-state index in [1.54, 1.807) is 4.90 Å². The number of hydrogen-bond acceptors (Lipinski definition) is 6. The maximum absolute atomic E-state index is 12.3. The molecule has 3 aromatic rings. The second kappa shape index (κ2) is 7.90. The number of aromatic nitrogens is 4. The second-order valence-corrected chi connectivity index (χ2v) is 10.3. The molecule has 0 bridgehead atoms. The first-order chi connectivity index (χ1) is 15.3. The third kappa shape index (κ3) is 4.10. The van der Waals surface area contributed by atoms with Crippen molar-refractivity contribution in [1.29, 1.82) is 0 Å². The van der Waals surface area contributed by atoms with E-state index in [9.17, 15) is 4.79 Å². The van der Waals surface area contributed by atoms with Gasteiger partial charge in [0.25, 0.3) is 0 Å². The van der Waals surface area contributed by atoms with Gasteiger partial charge in [-0.15, -0.1) is 0 Å². The van der Waals surface area contributed by atoms with E-state index < -0.39 is 5.60 Å². The molecular weight excluding hydrogens is 406 g/mol. The van der Waals surface area contributed by atoms with Crippen molar-refractivity contribution in [1.82, 2.24) is 24.8 Å². The summed E-state index contributed by atoms with van der Waals surface area (Å²) < 4.78 is 13.3. The summed E-state index contributed by atoms with van der Waals surface area (Å²) in [5.41, 5.74) is 1.58. The molecule has 0 atom stereocenters. The molecule has 0 N–H and O–H groups in total. The summed E-state index contributed by atoms with van der Waals surface area (Å²) >= 11 is 0. The molecule has 3 heterocycles. The van der Waals surface area contributed by atoms with E-state index in [0.717, 1.165) is 35.2 Å².